The lowest BCUT2D eigenvalue weighted by atomic mass is 9.89. The first kappa shape index (κ1) is 13.7. The zero-order valence-corrected chi connectivity index (χ0v) is 11.2. The number of hydrogen-bond acceptors (Lipinski definition) is 3. The van der Waals surface area contributed by atoms with Gasteiger partial charge in [0.15, 0.2) is 0 Å². The number of methoxy groups -OCH3 is 1. The summed E-state index contributed by atoms with van der Waals surface area (Å²) >= 11 is 0. The molecule has 1 aliphatic rings. The first-order chi connectivity index (χ1) is 7.38. The molecule has 2 atom stereocenters. The quantitative estimate of drug-likeness (QED) is 0.719. The van der Waals surface area contributed by atoms with E-state index in [1.54, 1.807) is 7.11 Å². The molecule has 94 valence electrons. The average Bonchev–Trinajstić information content (AvgIpc) is 2.45. The largest absolute Gasteiger partial charge is 0.383 e. The number of Topliss-reactive ketones (excluding diaryl/α,β-unsaturated/α-hetero) is 1. The Hall–Kier alpha value is -0.410. The van der Waals surface area contributed by atoms with E-state index in [0.717, 1.165) is 26.0 Å². The molecule has 0 aromatic carbocycles. The van der Waals surface area contributed by atoms with Gasteiger partial charge >= 0.3 is 0 Å². The van der Waals surface area contributed by atoms with Gasteiger partial charge in [-0.05, 0) is 26.8 Å². The summed E-state index contributed by atoms with van der Waals surface area (Å²) in [5, 5.41) is 0. The highest BCUT2D eigenvalue weighted by molar-refractivity contribution is 5.88. The second-order valence-electron chi connectivity index (χ2n) is 5.73. The molecule has 1 aliphatic carbocycles. The first-order valence-electron chi connectivity index (χ1n) is 6.12. The van der Waals surface area contributed by atoms with E-state index in [2.05, 4.69) is 32.7 Å². The molecule has 3 heteroatoms. The maximum absolute atomic E-state index is 12.1. The average molecular weight is 227 g/mol. The first-order valence-corrected chi connectivity index (χ1v) is 6.12. The van der Waals surface area contributed by atoms with Gasteiger partial charge < -0.3 is 9.64 Å². The zero-order chi connectivity index (χ0) is 12.3. The van der Waals surface area contributed by atoms with Crippen molar-refractivity contribution in [1.82, 2.24) is 4.90 Å². The van der Waals surface area contributed by atoms with E-state index >= 15 is 0 Å². The van der Waals surface area contributed by atoms with Gasteiger partial charge in [-0.25, -0.2) is 0 Å². The second-order valence-corrected chi connectivity index (χ2v) is 5.73. The predicted octanol–water partition coefficient (Wildman–Crippen LogP) is 1.96. The van der Waals surface area contributed by atoms with Crippen LogP contribution in [0.5, 0.6) is 0 Å². The van der Waals surface area contributed by atoms with E-state index in [4.69, 9.17) is 4.74 Å². The number of ketones is 1. The van der Waals surface area contributed by atoms with Crippen LogP contribution in [0.1, 0.15) is 33.6 Å². The standard InChI is InChI=1S/C13H25NO2/c1-10(9-16-5)14(4)8-11-6-7-13(2,3)12(11)15/h10-11H,6-9H2,1-5H3. The Balaban J connectivity index is 2.47. The Morgan fingerprint density at radius 1 is 1.56 bits per heavy atom. The number of ether oxygens (including phenoxy) is 1. The molecule has 1 fully saturated rings. The van der Waals surface area contributed by atoms with Gasteiger partial charge in [0.2, 0.25) is 0 Å². The van der Waals surface area contributed by atoms with Crippen molar-refractivity contribution < 1.29 is 9.53 Å². The molecule has 0 N–H and O–H groups in total. The minimum absolute atomic E-state index is 0.101. The summed E-state index contributed by atoms with van der Waals surface area (Å²) in [6.07, 6.45) is 2.07. The van der Waals surface area contributed by atoms with Gasteiger partial charge in [-0.15, -0.1) is 0 Å². The third-order valence-corrected chi connectivity index (χ3v) is 3.82. The van der Waals surface area contributed by atoms with Gasteiger partial charge in [0.25, 0.3) is 0 Å². The maximum Gasteiger partial charge on any atom is 0.142 e. The fourth-order valence-corrected chi connectivity index (χ4v) is 2.41. The number of carbonyl (C=O) groups is 1. The van der Waals surface area contributed by atoms with Gasteiger partial charge in [-0.2, -0.15) is 0 Å². The summed E-state index contributed by atoms with van der Waals surface area (Å²) in [5.41, 5.74) is -0.101. The highest BCUT2D eigenvalue weighted by Gasteiger charge is 2.40. The van der Waals surface area contributed by atoms with Crippen molar-refractivity contribution in [2.24, 2.45) is 11.3 Å². The molecular weight excluding hydrogens is 202 g/mol. The minimum Gasteiger partial charge on any atom is -0.383 e. The van der Waals surface area contributed by atoms with Crippen molar-refractivity contribution in [3.8, 4) is 0 Å². The van der Waals surface area contributed by atoms with Crippen molar-refractivity contribution in [2.45, 2.75) is 39.7 Å². The van der Waals surface area contributed by atoms with Gasteiger partial charge in [0.05, 0.1) is 6.61 Å². The van der Waals surface area contributed by atoms with Crippen LogP contribution in [0.4, 0.5) is 0 Å². The highest BCUT2D eigenvalue weighted by atomic mass is 16.5. The van der Waals surface area contributed by atoms with Crippen LogP contribution in [0, 0.1) is 11.3 Å². The molecule has 1 rings (SSSR count). The lowest BCUT2D eigenvalue weighted by Crippen LogP contribution is -2.38. The molecular formula is C13H25NO2. The molecule has 0 heterocycles. The van der Waals surface area contributed by atoms with Crippen molar-refractivity contribution in [3.63, 3.8) is 0 Å². The molecule has 2 unspecified atom stereocenters. The molecule has 3 nitrogen and oxygen atoms in total. The minimum atomic E-state index is -0.101. The van der Waals surface area contributed by atoms with Crippen molar-refractivity contribution in [3.05, 3.63) is 0 Å². The third-order valence-electron chi connectivity index (χ3n) is 3.82. The number of hydrogen-bond donors (Lipinski definition) is 0. The SMILES string of the molecule is COCC(C)N(C)CC1CCC(C)(C)C1=O. The summed E-state index contributed by atoms with van der Waals surface area (Å²) in [5.74, 6) is 0.656. The zero-order valence-electron chi connectivity index (χ0n) is 11.2. The number of likely N-dealkylation sites (N-methyl/N-ethyl adjacent to an activating group) is 1. The van der Waals surface area contributed by atoms with E-state index in [1.807, 2.05) is 0 Å². The van der Waals surface area contributed by atoms with Crippen molar-refractivity contribution in [2.75, 3.05) is 27.3 Å². The van der Waals surface area contributed by atoms with Crippen LogP contribution in [0.2, 0.25) is 0 Å². The van der Waals surface area contributed by atoms with Crippen molar-refractivity contribution in [1.29, 1.82) is 0 Å². The highest BCUT2D eigenvalue weighted by Crippen LogP contribution is 2.37. The Morgan fingerprint density at radius 3 is 2.62 bits per heavy atom. The Bertz CT molecular complexity index is 250. The molecule has 0 aromatic rings. The van der Waals surface area contributed by atoms with Gasteiger partial charge in [0, 0.05) is 31.0 Å². The maximum atomic E-state index is 12.1. The van der Waals surface area contributed by atoms with Crippen LogP contribution in [0.25, 0.3) is 0 Å². The van der Waals surface area contributed by atoms with E-state index < -0.39 is 0 Å². The molecule has 16 heavy (non-hydrogen) atoms. The molecule has 0 saturated heterocycles. The Labute approximate surface area is 99.1 Å². The number of rotatable bonds is 5. The van der Waals surface area contributed by atoms with E-state index in [9.17, 15) is 4.79 Å². The van der Waals surface area contributed by atoms with Crippen LogP contribution < -0.4 is 0 Å². The summed E-state index contributed by atoms with van der Waals surface area (Å²) in [6, 6.07) is 0.376. The van der Waals surface area contributed by atoms with Gasteiger partial charge in [0.1, 0.15) is 5.78 Å². The third kappa shape index (κ3) is 3.05. The Morgan fingerprint density at radius 2 is 2.19 bits per heavy atom. The Kier molecular flexibility index (Phi) is 4.51. The summed E-state index contributed by atoms with van der Waals surface area (Å²) in [7, 11) is 3.79. The summed E-state index contributed by atoms with van der Waals surface area (Å²) < 4.78 is 5.13. The lowest BCUT2D eigenvalue weighted by molar-refractivity contribution is -0.128. The van der Waals surface area contributed by atoms with Crippen LogP contribution in [-0.2, 0) is 9.53 Å². The summed E-state index contributed by atoms with van der Waals surface area (Å²) in [6.45, 7) is 7.85. The fourth-order valence-electron chi connectivity index (χ4n) is 2.41. The normalized spacial score (nSPS) is 26.4. The number of nitrogens with zero attached hydrogens (tertiary/aromatic N) is 1. The van der Waals surface area contributed by atoms with Gasteiger partial charge in [-0.3, -0.25) is 4.79 Å². The molecule has 0 aliphatic heterocycles. The molecule has 0 bridgehead atoms. The lowest BCUT2D eigenvalue weighted by Gasteiger charge is -2.27. The molecule has 0 radical (unpaired) electrons. The van der Waals surface area contributed by atoms with E-state index in [0.29, 0.717) is 11.8 Å². The van der Waals surface area contributed by atoms with E-state index in [-0.39, 0.29) is 11.3 Å². The van der Waals surface area contributed by atoms with E-state index in [1.165, 1.54) is 0 Å². The molecule has 0 aromatic heterocycles. The monoisotopic (exact) mass is 227 g/mol. The van der Waals surface area contributed by atoms with Crippen LogP contribution >= 0.6 is 0 Å². The van der Waals surface area contributed by atoms with Gasteiger partial charge in [-0.1, -0.05) is 13.8 Å². The molecule has 0 spiro atoms. The van der Waals surface area contributed by atoms with Crippen molar-refractivity contribution >= 4 is 5.78 Å². The smallest absolute Gasteiger partial charge is 0.142 e. The number of carbonyl (C=O) groups excluding carboxylic acids is 1. The predicted molar refractivity (Wildman–Crippen MR) is 65.5 cm³/mol. The van der Waals surface area contributed by atoms with Crippen LogP contribution in [0.15, 0.2) is 0 Å². The summed E-state index contributed by atoms with van der Waals surface area (Å²) in [4.78, 5) is 14.3. The fraction of sp³-hybridized carbons (Fsp3) is 0.923. The van der Waals surface area contributed by atoms with Crippen LogP contribution in [0.3, 0.4) is 0 Å². The van der Waals surface area contributed by atoms with Crippen LogP contribution in [-0.4, -0.2) is 44.0 Å². The topological polar surface area (TPSA) is 29.5 Å². The molecule has 1 saturated carbocycles. The second kappa shape index (κ2) is 5.28. The molecule has 0 amide bonds.